The molecule has 6 heteroatoms. The van der Waals surface area contributed by atoms with Crippen molar-refractivity contribution in [2.75, 3.05) is 27.7 Å². The first-order valence-corrected chi connectivity index (χ1v) is 9.17. The van der Waals surface area contributed by atoms with Crippen LogP contribution < -0.4 is 10.6 Å². The van der Waals surface area contributed by atoms with Crippen molar-refractivity contribution in [3.05, 3.63) is 57.8 Å². The number of nitrogens with zero attached hydrogens (tertiary/aromatic N) is 2. The van der Waals surface area contributed by atoms with Gasteiger partial charge in [-0.15, -0.1) is 35.3 Å². The van der Waals surface area contributed by atoms with Crippen LogP contribution in [-0.4, -0.2) is 38.5 Å². The minimum atomic E-state index is 0. The number of hydrogen-bond acceptors (Lipinski definition) is 3. The number of thiophene rings is 1. The minimum Gasteiger partial charge on any atom is -0.356 e. The Morgan fingerprint density at radius 2 is 1.80 bits per heavy atom. The molecule has 4 nitrogen and oxygen atoms in total. The lowest BCUT2D eigenvalue weighted by Gasteiger charge is -2.15. The smallest absolute Gasteiger partial charge is 0.191 e. The Hall–Kier alpha value is -1.12. The van der Waals surface area contributed by atoms with Crippen molar-refractivity contribution in [1.82, 2.24) is 15.5 Å². The largest absolute Gasteiger partial charge is 0.356 e. The maximum atomic E-state index is 4.30. The Labute approximate surface area is 172 Å². The highest BCUT2D eigenvalue weighted by Crippen LogP contribution is 2.19. The molecular formula is C19H29IN4S. The molecule has 0 aliphatic carbocycles. The van der Waals surface area contributed by atoms with E-state index in [1.807, 2.05) is 7.05 Å². The van der Waals surface area contributed by atoms with Crippen LogP contribution in [0.2, 0.25) is 0 Å². The van der Waals surface area contributed by atoms with Crippen LogP contribution in [0.25, 0.3) is 0 Å². The van der Waals surface area contributed by atoms with Gasteiger partial charge in [0.1, 0.15) is 0 Å². The zero-order valence-corrected chi connectivity index (χ0v) is 18.6. The van der Waals surface area contributed by atoms with Gasteiger partial charge in [0.05, 0.1) is 0 Å². The van der Waals surface area contributed by atoms with Crippen LogP contribution in [0.3, 0.4) is 0 Å². The van der Waals surface area contributed by atoms with Crippen LogP contribution in [-0.2, 0) is 13.1 Å². The van der Waals surface area contributed by atoms with E-state index in [0.29, 0.717) is 5.92 Å². The summed E-state index contributed by atoms with van der Waals surface area (Å²) in [6, 6.07) is 13.0. The molecule has 0 amide bonds. The number of nitrogens with one attached hydrogen (secondary N) is 2. The molecule has 1 atom stereocenters. The first kappa shape index (κ1) is 21.9. The van der Waals surface area contributed by atoms with E-state index in [4.69, 9.17) is 0 Å². The maximum absolute atomic E-state index is 4.30. The second kappa shape index (κ2) is 11.5. The molecule has 0 saturated carbocycles. The lowest BCUT2D eigenvalue weighted by Crippen LogP contribution is -2.38. The summed E-state index contributed by atoms with van der Waals surface area (Å²) in [5.74, 6) is 1.32. The number of guanidine groups is 1. The molecule has 138 valence electrons. The fourth-order valence-electron chi connectivity index (χ4n) is 2.46. The van der Waals surface area contributed by atoms with Gasteiger partial charge in [-0.05, 0) is 36.7 Å². The first-order chi connectivity index (χ1) is 11.6. The maximum Gasteiger partial charge on any atom is 0.191 e. The summed E-state index contributed by atoms with van der Waals surface area (Å²) < 4.78 is 0. The molecule has 1 heterocycles. The molecule has 0 bridgehead atoms. The van der Waals surface area contributed by atoms with E-state index in [0.717, 1.165) is 25.6 Å². The van der Waals surface area contributed by atoms with E-state index in [1.54, 1.807) is 11.3 Å². The number of rotatable bonds is 7. The van der Waals surface area contributed by atoms with Gasteiger partial charge in [-0.2, -0.15) is 0 Å². The predicted molar refractivity (Wildman–Crippen MR) is 120 cm³/mol. The number of hydrogen-bond donors (Lipinski definition) is 2. The topological polar surface area (TPSA) is 39.7 Å². The van der Waals surface area contributed by atoms with E-state index in [2.05, 4.69) is 83.3 Å². The van der Waals surface area contributed by atoms with Gasteiger partial charge < -0.3 is 15.5 Å². The van der Waals surface area contributed by atoms with Gasteiger partial charge in [-0.3, -0.25) is 4.99 Å². The highest BCUT2D eigenvalue weighted by molar-refractivity contribution is 14.0. The van der Waals surface area contributed by atoms with Crippen LogP contribution in [0.1, 0.15) is 28.8 Å². The molecule has 0 radical (unpaired) electrons. The fraction of sp³-hybridized carbons (Fsp3) is 0.421. The molecule has 0 spiro atoms. The average Bonchev–Trinajstić information content (AvgIpc) is 3.10. The van der Waals surface area contributed by atoms with Gasteiger partial charge in [0.25, 0.3) is 0 Å². The summed E-state index contributed by atoms with van der Waals surface area (Å²) in [5.41, 5.74) is 2.59. The molecule has 0 aliphatic heterocycles. The Kier molecular flexibility index (Phi) is 10.1. The molecule has 1 aromatic heterocycles. The zero-order chi connectivity index (χ0) is 17.4. The summed E-state index contributed by atoms with van der Waals surface area (Å²) in [6.45, 7) is 4.85. The monoisotopic (exact) mass is 472 g/mol. The summed E-state index contributed by atoms with van der Waals surface area (Å²) in [5, 5.41) is 8.91. The third-order valence-electron chi connectivity index (χ3n) is 3.81. The van der Waals surface area contributed by atoms with Gasteiger partial charge in [0.15, 0.2) is 5.96 Å². The van der Waals surface area contributed by atoms with Crippen molar-refractivity contribution >= 4 is 41.3 Å². The second-order valence-electron chi connectivity index (χ2n) is 6.28. The van der Waals surface area contributed by atoms with Gasteiger partial charge in [0.2, 0.25) is 0 Å². The summed E-state index contributed by atoms with van der Waals surface area (Å²) in [7, 11) is 5.98. The van der Waals surface area contributed by atoms with Crippen LogP contribution in [0, 0.1) is 0 Å². The van der Waals surface area contributed by atoms with Crippen molar-refractivity contribution in [2.24, 2.45) is 4.99 Å². The summed E-state index contributed by atoms with van der Waals surface area (Å²) in [4.78, 5) is 7.88. The number of benzene rings is 1. The molecule has 2 aromatic rings. The van der Waals surface area contributed by atoms with Gasteiger partial charge in [-0.1, -0.05) is 37.3 Å². The average molecular weight is 472 g/mol. The van der Waals surface area contributed by atoms with E-state index in [9.17, 15) is 0 Å². The fourth-order valence-corrected chi connectivity index (χ4v) is 3.24. The van der Waals surface area contributed by atoms with Gasteiger partial charge >= 0.3 is 0 Å². The predicted octanol–water partition coefficient (Wildman–Crippen LogP) is 3.90. The van der Waals surface area contributed by atoms with Crippen molar-refractivity contribution in [3.63, 3.8) is 0 Å². The summed E-state index contributed by atoms with van der Waals surface area (Å²) in [6.07, 6.45) is 0. The van der Waals surface area contributed by atoms with E-state index < -0.39 is 0 Å². The molecule has 0 fully saturated rings. The van der Waals surface area contributed by atoms with Crippen LogP contribution in [0.4, 0.5) is 0 Å². The SMILES string of the molecule is CN=C(NCc1ccc(CN(C)C)cc1)NCC(C)c1cccs1.I. The minimum absolute atomic E-state index is 0. The lowest BCUT2D eigenvalue weighted by atomic mass is 10.1. The van der Waals surface area contributed by atoms with Crippen LogP contribution in [0.15, 0.2) is 46.8 Å². The zero-order valence-electron chi connectivity index (χ0n) is 15.5. The Balaban J connectivity index is 0.00000312. The molecule has 1 aromatic carbocycles. The lowest BCUT2D eigenvalue weighted by molar-refractivity contribution is 0.402. The van der Waals surface area contributed by atoms with Gasteiger partial charge in [-0.25, -0.2) is 0 Å². The van der Waals surface area contributed by atoms with Crippen LogP contribution >= 0.6 is 35.3 Å². The van der Waals surface area contributed by atoms with Crippen molar-refractivity contribution in [3.8, 4) is 0 Å². The van der Waals surface area contributed by atoms with Gasteiger partial charge in [0, 0.05) is 37.5 Å². The molecule has 0 saturated heterocycles. The van der Waals surface area contributed by atoms with Crippen molar-refractivity contribution in [1.29, 1.82) is 0 Å². The molecular weight excluding hydrogens is 443 g/mol. The molecule has 1 unspecified atom stereocenters. The standard InChI is InChI=1S/C19H28N4S.HI/c1-15(18-6-5-11-24-18)12-21-19(20-2)22-13-16-7-9-17(10-8-16)14-23(3)4;/h5-11,15H,12-14H2,1-4H3,(H2,20,21,22);1H. The highest BCUT2D eigenvalue weighted by Gasteiger charge is 2.07. The van der Waals surface area contributed by atoms with E-state index in [-0.39, 0.29) is 24.0 Å². The first-order valence-electron chi connectivity index (χ1n) is 8.29. The van der Waals surface area contributed by atoms with E-state index in [1.165, 1.54) is 16.0 Å². The molecule has 2 N–H and O–H groups in total. The molecule has 2 rings (SSSR count). The second-order valence-corrected chi connectivity index (χ2v) is 7.26. The van der Waals surface area contributed by atoms with Crippen LogP contribution in [0.5, 0.6) is 0 Å². The quantitative estimate of drug-likeness (QED) is 0.365. The number of halogens is 1. The summed E-state index contributed by atoms with van der Waals surface area (Å²) >= 11 is 1.80. The third kappa shape index (κ3) is 7.75. The Bertz CT molecular complexity index is 623. The molecule has 25 heavy (non-hydrogen) atoms. The Morgan fingerprint density at radius 1 is 1.12 bits per heavy atom. The Morgan fingerprint density at radius 3 is 2.36 bits per heavy atom. The third-order valence-corrected chi connectivity index (χ3v) is 4.91. The normalized spacial score (nSPS) is 12.6. The van der Waals surface area contributed by atoms with Crippen molar-refractivity contribution < 1.29 is 0 Å². The number of aliphatic imine (C=N–C) groups is 1. The molecule has 0 aliphatic rings. The highest BCUT2D eigenvalue weighted by atomic mass is 127. The van der Waals surface area contributed by atoms with Crippen molar-refractivity contribution in [2.45, 2.75) is 25.9 Å². The van der Waals surface area contributed by atoms with E-state index >= 15 is 0 Å².